The predicted molar refractivity (Wildman–Crippen MR) is 115 cm³/mol. The van der Waals surface area contributed by atoms with E-state index in [1.165, 1.54) is 12.8 Å². The summed E-state index contributed by atoms with van der Waals surface area (Å²) in [4.78, 5) is 21.2. The van der Waals surface area contributed by atoms with Crippen LogP contribution in [0.1, 0.15) is 32.6 Å². The Morgan fingerprint density at radius 2 is 2.18 bits per heavy atom. The van der Waals surface area contributed by atoms with Crippen molar-refractivity contribution in [2.75, 3.05) is 11.9 Å². The average molecular weight is 404 g/mol. The van der Waals surface area contributed by atoms with Crippen LogP contribution in [0.25, 0.3) is 11.2 Å². The third-order valence-electron chi connectivity index (χ3n) is 5.20. The number of nitrogens with one attached hydrogen (secondary N) is 2. The van der Waals surface area contributed by atoms with E-state index in [0.29, 0.717) is 18.5 Å². The number of hydrogen-bond acceptors (Lipinski definition) is 4. The van der Waals surface area contributed by atoms with E-state index < -0.39 is 8.07 Å². The Kier molecular flexibility index (Phi) is 6.72. The molecule has 0 radical (unpaired) electrons. The van der Waals surface area contributed by atoms with E-state index in [-0.39, 0.29) is 12.1 Å². The summed E-state index contributed by atoms with van der Waals surface area (Å²) in [6.07, 6.45) is 8.03. The molecule has 2 atom stereocenters. The number of nitrogens with zero attached hydrogens (tertiary/aromatic N) is 3. The van der Waals surface area contributed by atoms with E-state index >= 15 is 0 Å². The topological polar surface area (TPSA) is 81.1 Å². The Balaban J connectivity index is 1.53. The van der Waals surface area contributed by atoms with E-state index in [4.69, 9.17) is 4.74 Å². The fourth-order valence-corrected chi connectivity index (χ4v) is 4.33. The van der Waals surface area contributed by atoms with E-state index in [2.05, 4.69) is 47.2 Å². The highest BCUT2D eigenvalue weighted by atomic mass is 28.3. The van der Waals surface area contributed by atoms with Crippen LogP contribution in [0.3, 0.4) is 0 Å². The van der Waals surface area contributed by atoms with Gasteiger partial charge in [0.05, 0.1) is 6.20 Å². The molecule has 0 saturated heterocycles. The molecular weight excluding hydrogens is 370 g/mol. The molecule has 0 aliphatic heterocycles. The summed E-state index contributed by atoms with van der Waals surface area (Å²) in [5, 5.41) is 5.87. The molecule has 2 aromatic heterocycles. The molecule has 1 aliphatic carbocycles. The van der Waals surface area contributed by atoms with Crippen molar-refractivity contribution >= 4 is 31.1 Å². The molecule has 7 nitrogen and oxygen atoms in total. The molecule has 28 heavy (non-hydrogen) atoms. The van der Waals surface area contributed by atoms with Crippen LogP contribution in [0.4, 0.5) is 10.6 Å². The van der Waals surface area contributed by atoms with E-state index in [1.54, 1.807) is 6.20 Å². The summed E-state index contributed by atoms with van der Waals surface area (Å²) >= 11 is 0. The normalized spacial score (nSPS) is 20.3. The van der Waals surface area contributed by atoms with Crippen molar-refractivity contribution in [3.63, 3.8) is 0 Å². The smallest absolute Gasteiger partial charge is 0.320 e. The third kappa shape index (κ3) is 6.03. The molecule has 2 heterocycles. The maximum Gasteiger partial charge on any atom is 0.320 e. The summed E-state index contributed by atoms with van der Waals surface area (Å²) in [5.41, 5.74) is 1.51. The molecule has 2 N–H and O–H groups in total. The monoisotopic (exact) mass is 403 g/mol. The number of urea groups is 1. The number of ether oxygens (including phenoxy) is 1. The molecule has 1 aliphatic rings. The maximum atomic E-state index is 12.3. The van der Waals surface area contributed by atoms with Gasteiger partial charge in [-0.3, -0.25) is 5.32 Å². The van der Waals surface area contributed by atoms with Gasteiger partial charge >= 0.3 is 6.03 Å². The van der Waals surface area contributed by atoms with Crippen LogP contribution in [0.5, 0.6) is 0 Å². The van der Waals surface area contributed by atoms with Gasteiger partial charge in [0.15, 0.2) is 11.5 Å². The van der Waals surface area contributed by atoms with Crippen LogP contribution in [0.15, 0.2) is 18.5 Å². The first-order chi connectivity index (χ1) is 13.3. The highest BCUT2D eigenvalue weighted by Crippen LogP contribution is 2.23. The average Bonchev–Trinajstić information content (AvgIpc) is 3.00. The van der Waals surface area contributed by atoms with Gasteiger partial charge in [-0.25, -0.2) is 14.8 Å². The zero-order valence-electron chi connectivity index (χ0n) is 17.5. The van der Waals surface area contributed by atoms with Gasteiger partial charge in [-0.1, -0.05) is 39.4 Å². The molecule has 1 fully saturated rings. The SMILES string of the molecule is CC1CCCC(NC(=O)Nc2cnc3c(ccn3COCC[Si](C)(C)C)n2)C1. The molecular formula is C20H33N5O2Si. The van der Waals surface area contributed by atoms with Crippen molar-refractivity contribution in [3.05, 3.63) is 18.5 Å². The van der Waals surface area contributed by atoms with Crippen molar-refractivity contribution in [3.8, 4) is 0 Å². The van der Waals surface area contributed by atoms with E-state index in [1.807, 2.05) is 16.8 Å². The second-order valence-corrected chi connectivity index (χ2v) is 14.8. The number of carbonyl (C=O) groups is 1. The minimum absolute atomic E-state index is 0.207. The summed E-state index contributed by atoms with van der Waals surface area (Å²) in [7, 11) is -1.08. The van der Waals surface area contributed by atoms with Gasteiger partial charge in [0.2, 0.25) is 0 Å². The van der Waals surface area contributed by atoms with Gasteiger partial charge in [0.1, 0.15) is 12.2 Å². The zero-order valence-corrected chi connectivity index (χ0v) is 18.5. The standard InChI is InChI=1S/C20H33N5O2Si/c1-15-6-5-7-16(12-15)22-20(26)24-18-13-21-19-17(23-18)8-9-25(19)14-27-10-11-28(2,3)4/h8-9,13,15-16H,5-7,10-12,14H2,1-4H3,(H2,22,23,24,26). The first-order valence-corrected chi connectivity index (χ1v) is 14.0. The van der Waals surface area contributed by atoms with Crippen LogP contribution >= 0.6 is 0 Å². The number of anilines is 1. The minimum Gasteiger partial charge on any atom is -0.361 e. The van der Waals surface area contributed by atoms with Crippen molar-refractivity contribution in [2.24, 2.45) is 5.92 Å². The molecule has 154 valence electrons. The molecule has 2 unspecified atom stereocenters. The molecule has 0 spiro atoms. The lowest BCUT2D eigenvalue weighted by Gasteiger charge is -2.27. The molecule has 2 amide bonds. The van der Waals surface area contributed by atoms with Crippen molar-refractivity contribution in [2.45, 2.75) is 71.1 Å². The third-order valence-corrected chi connectivity index (χ3v) is 6.91. The molecule has 2 aromatic rings. The second kappa shape index (κ2) is 9.04. The number of amides is 2. The number of fused-ring (bicyclic) bond motifs is 1. The van der Waals surface area contributed by atoms with Crippen molar-refractivity contribution < 1.29 is 9.53 Å². The van der Waals surface area contributed by atoms with Gasteiger partial charge < -0.3 is 14.6 Å². The van der Waals surface area contributed by atoms with E-state index in [9.17, 15) is 4.79 Å². The second-order valence-electron chi connectivity index (χ2n) is 9.16. The molecule has 8 heteroatoms. The lowest BCUT2D eigenvalue weighted by atomic mass is 9.87. The van der Waals surface area contributed by atoms with Gasteiger partial charge in [-0.05, 0) is 30.9 Å². The van der Waals surface area contributed by atoms with Crippen LogP contribution < -0.4 is 10.6 Å². The van der Waals surface area contributed by atoms with Gasteiger partial charge in [0, 0.05) is 26.9 Å². The Labute approximate surface area is 168 Å². The van der Waals surface area contributed by atoms with Crippen LogP contribution in [-0.4, -0.2) is 41.3 Å². The van der Waals surface area contributed by atoms with E-state index in [0.717, 1.165) is 36.7 Å². The quantitative estimate of drug-likeness (QED) is 0.529. The van der Waals surface area contributed by atoms with Crippen LogP contribution in [0, 0.1) is 5.92 Å². The number of rotatable bonds is 7. The fourth-order valence-electron chi connectivity index (χ4n) is 3.57. The predicted octanol–water partition coefficient (Wildman–Crippen LogP) is 4.44. The number of aromatic nitrogens is 3. The Bertz CT molecular complexity index is 801. The van der Waals surface area contributed by atoms with Crippen LogP contribution in [-0.2, 0) is 11.5 Å². The maximum absolute atomic E-state index is 12.3. The summed E-state index contributed by atoms with van der Waals surface area (Å²) in [6, 6.07) is 3.08. The Morgan fingerprint density at radius 1 is 1.36 bits per heavy atom. The number of carbonyl (C=O) groups excluding carboxylic acids is 1. The fraction of sp³-hybridized carbons (Fsp3) is 0.650. The Morgan fingerprint density at radius 3 is 2.93 bits per heavy atom. The summed E-state index contributed by atoms with van der Waals surface area (Å²) in [5.74, 6) is 1.13. The molecule has 0 aromatic carbocycles. The van der Waals surface area contributed by atoms with Gasteiger partial charge in [-0.15, -0.1) is 0 Å². The lowest BCUT2D eigenvalue weighted by molar-refractivity contribution is 0.0899. The molecule has 0 bridgehead atoms. The number of hydrogen-bond donors (Lipinski definition) is 2. The molecule has 1 saturated carbocycles. The summed E-state index contributed by atoms with van der Waals surface area (Å²) in [6.45, 7) is 10.5. The van der Waals surface area contributed by atoms with Gasteiger partial charge in [0.25, 0.3) is 0 Å². The van der Waals surface area contributed by atoms with Crippen LogP contribution in [0.2, 0.25) is 25.7 Å². The first kappa shape index (κ1) is 20.8. The highest BCUT2D eigenvalue weighted by molar-refractivity contribution is 6.76. The minimum atomic E-state index is -1.08. The van der Waals surface area contributed by atoms with Gasteiger partial charge in [-0.2, -0.15) is 0 Å². The zero-order chi connectivity index (χ0) is 20.1. The largest absolute Gasteiger partial charge is 0.361 e. The molecule has 3 rings (SSSR count). The first-order valence-electron chi connectivity index (χ1n) is 10.3. The van der Waals surface area contributed by atoms with Crippen molar-refractivity contribution in [1.29, 1.82) is 0 Å². The lowest BCUT2D eigenvalue weighted by Crippen LogP contribution is -2.40. The Hall–Kier alpha value is -1.93. The highest BCUT2D eigenvalue weighted by Gasteiger charge is 2.20. The van der Waals surface area contributed by atoms with Crippen molar-refractivity contribution in [1.82, 2.24) is 19.9 Å². The summed E-state index contributed by atoms with van der Waals surface area (Å²) < 4.78 is 7.74.